The molecule has 1 N–H and O–H groups in total. The standard InChI is InChI=1S/C15H18F2N2O2/c1-9-6-10(7-9)19-13(20)8-18-14(19)11-4-2-3-5-12(11)21-15(16)17/h2-5,9-10,14-15,18H,6-8H2,1H3. The molecule has 1 aromatic carbocycles. The van der Waals surface area contributed by atoms with E-state index in [9.17, 15) is 13.6 Å². The lowest BCUT2D eigenvalue weighted by atomic mass is 9.80. The van der Waals surface area contributed by atoms with Crippen LogP contribution in [0.1, 0.15) is 31.5 Å². The third kappa shape index (κ3) is 2.72. The van der Waals surface area contributed by atoms with Gasteiger partial charge in [0, 0.05) is 11.6 Å². The van der Waals surface area contributed by atoms with Crippen molar-refractivity contribution in [2.24, 2.45) is 5.92 Å². The Morgan fingerprint density at radius 1 is 1.33 bits per heavy atom. The molecule has 3 rings (SSSR count). The maximum Gasteiger partial charge on any atom is 0.387 e. The molecular weight excluding hydrogens is 278 g/mol. The van der Waals surface area contributed by atoms with Crippen molar-refractivity contribution in [3.63, 3.8) is 0 Å². The number of hydrogen-bond donors (Lipinski definition) is 1. The van der Waals surface area contributed by atoms with E-state index in [1.165, 1.54) is 6.07 Å². The van der Waals surface area contributed by atoms with Gasteiger partial charge in [0.2, 0.25) is 5.91 Å². The van der Waals surface area contributed by atoms with Crippen molar-refractivity contribution in [2.45, 2.75) is 38.6 Å². The summed E-state index contributed by atoms with van der Waals surface area (Å²) in [7, 11) is 0. The van der Waals surface area contributed by atoms with Crippen LogP contribution < -0.4 is 10.1 Å². The van der Waals surface area contributed by atoms with Crippen molar-refractivity contribution in [1.29, 1.82) is 0 Å². The quantitative estimate of drug-likeness (QED) is 0.928. The highest BCUT2D eigenvalue weighted by Gasteiger charge is 2.42. The molecule has 0 aromatic heterocycles. The zero-order chi connectivity index (χ0) is 15.0. The number of halogens is 2. The number of ether oxygens (including phenoxy) is 1. The van der Waals surface area contributed by atoms with Gasteiger partial charge < -0.3 is 9.64 Å². The molecule has 114 valence electrons. The second-order valence-electron chi connectivity index (χ2n) is 5.73. The van der Waals surface area contributed by atoms with Crippen molar-refractivity contribution >= 4 is 5.91 Å². The van der Waals surface area contributed by atoms with Crippen molar-refractivity contribution in [1.82, 2.24) is 10.2 Å². The monoisotopic (exact) mass is 296 g/mol. The first-order valence-corrected chi connectivity index (χ1v) is 7.14. The van der Waals surface area contributed by atoms with Gasteiger partial charge in [-0.2, -0.15) is 8.78 Å². The van der Waals surface area contributed by atoms with Gasteiger partial charge in [0.1, 0.15) is 11.9 Å². The van der Waals surface area contributed by atoms with E-state index in [1.54, 1.807) is 23.1 Å². The van der Waals surface area contributed by atoms with Crippen LogP contribution in [0.3, 0.4) is 0 Å². The summed E-state index contributed by atoms with van der Waals surface area (Å²) in [6.45, 7) is -0.494. The minimum absolute atomic E-state index is 0.0174. The van der Waals surface area contributed by atoms with Crippen molar-refractivity contribution in [2.75, 3.05) is 6.54 Å². The lowest BCUT2D eigenvalue weighted by molar-refractivity contribution is -0.133. The maximum absolute atomic E-state index is 12.5. The summed E-state index contributed by atoms with van der Waals surface area (Å²) in [5, 5.41) is 3.10. The Balaban J connectivity index is 1.86. The number of carbonyl (C=O) groups is 1. The summed E-state index contributed by atoms with van der Waals surface area (Å²) in [5.41, 5.74) is 0.586. The van der Waals surface area contributed by atoms with Gasteiger partial charge in [-0.05, 0) is 24.8 Å². The fourth-order valence-electron chi connectivity index (χ4n) is 3.19. The predicted molar refractivity (Wildman–Crippen MR) is 72.8 cm³/mol. The van der Waals surface area contributed by atoms with E-state index in [-0.39, 0.29) is 30.4 Å². The Morgan fingerprint density at radius 3 is 2.71 bits per heavy atom. The van der Waals surface area contributed by atoms with Crippen molar-refractivity contribution in [3.8, 4) is 5.75 Å². The van der Waals surface area contributed by atoms with Gasteiger partial charge in [-0.3, -0.25) is 10.1 Å². The molecule has 4 nitrogen and oxygen atoms in total. The van der Waals surface area contributed by atoms with E-state index in [4.69, 9.17) is 0 Å². The first-order chi connectivity index (χ1) is 10.1. The summed E-state index contributed by atoms with van der Waals surface area (Å²) in [6, 6.07) is 6.83. The van der Waals surface area contributed by atoms with Crippen LogP contribution in [0, 0.1) is 5.92 Å². The molecular formula is C15H18F2N2O2. The zero-order valence-corrected chi connectivity index (χ0v) is 11.8. The lowest BCUT2D eigenvalue weighted by Crippen LogP contribution is -2.46. The van der Waals surface area contributed by atoms with Gasteiger partial charge in [-0.25, -0.2) is 0 Å². The summed E-state index contributed by atoms with van der Waals surface area (Å²) in [5.74, 6) is 0.748. The fraction of sp³-hybridized carbons (Fsp3) is 0.533. The predicted octanol–water partition coefficient (Wildman–Crippen LogP) is 2.52. The summed E-state index contributed by atoms with van der Waals surface area (Å²) in [4.78, 5) is 13.9. The summed E-state index contributed by atoms with van der Waals surface area (Å²) < 4.78 is 29.6. The molecule has 1 atom stereocenters. The number of benzene rings is 1. The van der Waals surface area contributed by atoms with Crippen LogP contribution in [-0.4, -0.2) is 30.0 Å². The van der Waals surface area contributed by atoms with Gasteiger partial charge in [0.15, 0.2) is 0 Å². The van der Waals surface area contributed by atoms with Crippen LogP contribution in [0.4, 0.5) is 8.78 Å². The molecule has 6 heteroatoms. The molecule has 21 heavy (non-hydrogen) atoms. The molecule has 1 saturated carbocycles. The molecule has 2 aliphatic rings. The van der Waals surface area contributed by atoms with E-state index in [1.807, 2.05) is 0 Å². The molecule has 1 aliphatic carbocycles. The van der Waals surface area contributed by atoms with Crippen LogP contribution in [0.15, 0.2) is 24.3 Å². The Labute approximate surface area is 122 Å². The van der Waals surface area contributed by atoms with E-state index in [0.29, 0.717) is 11.5 Å². The second kappa shape index (κ2) is 5.60. The lowest BCUT2D eigenvalue weighted by Gasteiger charge is -2.42. The number of para-hydroxylation sites is 1. The molecule has 1 heterocycles. The smallest absolute Gasteiger partial charge is 0.387 e. The van der Waals surface area contributed by atoms with Gasteiger partial charge >= 0.3 is 6.61 Å². The first kappa shape index (κ1) is 14.3. The second-order valence-corrected chi connectivity index (χ2v) is 5.73. The number of alkyl halides is 2. The normalized spacial score (nSPS) is 28.9. The molecule has 1 amide bonds. The average Bonchev–Trinajstić information content (AvgIpc) is 2.77. The Kier molecular flexibility index (Phi) is 3.80. The van der Waals surface area contributed by atoms with E-state index < -0.39 is 6.61 Å². The van der Waals surface area contributed by atoms with Crippen LogP contribution in [-0.2, 0) is 4.79 Å². The summed E-state index contributed by atoms with van der Waals surface area (Å²) in [6.07, 6.45) is 1.54. The number of hydrogen-bond acceptors (Lipinski definition) is 3. The third-order valence-corrected chi connectivity index (χ3v) is 4.18. The van der Waals surface area contributed by atoms with E-state index >= 15 is 0 Å². The number of amides is 1. The fourth-order valence-corrected chi connectivity index (χ4v) is 3.19. The number of rotatable bonds is 4. The molecule has 1 unspecified atom stereocenters. The van der Waals surface area contributed by atoms with Gasteiger partial charge in [0.05, 0.1) is 6.54 Å². The highest BCUT2D eigenvalue weighted by molar-refractivity contribution is 5.81. The minimum Gasteiger partial charge on any atom is -0.434 e. The Bertz CT molecular complexity index is 532. The molecule has 2 fully saturated rings. The highest BCUT2D eigenvalue weighted by Crippen LogP contribution is 2.39. The Morgan fingerprint density at radius 2 is 2.05 bits per heavy atom. The Hall–Kier alpha value is -1.69. The maximum atomic E-state index is 12.5. The topological polar surface area (TPSA) is 41.6 Å². The molecule has 1 aliphatic heterocycles. The number of carbonyl (C=O) groups excluding carboxylic acids is 1. The van der Waals surface area contributed by atoms with Crippen LogP contribution >= 0.6 is 0 Å². The zero-order valence-electron chi connectivity index (χ0n) is 11.8. The van der Waals surface area contributed by atoms with E-state index in [0.717, 1.165) is 12.8 Å². The van der Waals surface area contributed by atoms with Crippen LogP contribution in [0.25, 0.3) is 0 Å². The van der Waals surface area contributed by atoms with Gasteiger partial charge in [0.25, 0.3) is 0 Å². The first-order valence-electron chi connectivity index (χ1n) is 7.14. The summed E-state index contributed by atoms with van der Waals surface area (Å²) >= 11 is 0. The average molecular weight is 296 g/mol. The molecule has 0 radical (unpaired) electrons. The van der Waals surface area contributed by atoms with Crippen LogP contribution in [0.2, 0.25) is 0 Å². The van der Waals surface area contributed by atoms with Gasteiger partial charge in [-0.1, -0.05) is 25.1 Å². The highest BCUT2D eigenvalue weighted by atomic mass is 19.3. The molecule has 1 aromatic rings. The number of nitrogens with one attached hydrogen (secondary N) is 1. The SMILES string of the molecule is CC1CC(N2C(=O)CNC2c2ccccc2OC(F)F)C1. The minimum atomic E-state index is -2.87. The molecule has 0 bridgehead atoms. The van der Waals surface area contributed by atoms with Crippen molar-refractivity contribution in [3.05, 3.63) is 29.8 Å². The van der Waals surface area contributed by atoms with Crippen molar-refractivity contribution < 1.29 is 18.3 Å². The molecule has 0 spiro atoms. The van der Waals surface area contributed by atoms with Gasteiger partial charge in [-0.15, -0.1) is 0 Å². The largest absolute Gasteiger partial charge is 0.434 e. The number of nitrogens with zero attached hydrogens (tertiary/aromatic N) is 1. The van der Waals surface area contributed by atoms with E-state index in [2.05, 4.69) is 17.0 Å². The third-order valence-electron chi connectivity index (χ3n) is 4.18. The molecule has 1 saturated heterocycles. The van der Waals surface area contributed by atoms with Crippen LogP contribution in [0.5, 0.6) is 5.75 Å².